The molecule has 3 N–H and O–H groups in total. The molecule has 0 saturated carbocycles. The molecule has 4 nitrogen and oxygen atoms in total. The fourth-order valence-corrected chi connectivity index (χ4v) is 1.55. The van der Waals surface area contributed by atoms with Crippen molar-refractivity contribution in [1.29, 1.82) is 0 Å². The molecule has 0 saturated heterocycles. The minimum Gasteiger partial charge on any atom is -0.375 e. The van der Waals surface area contributed by atoms with Crippen LogP contribution in [-0.4, -0.2) is 17.4 Å². The van der Waals surface area contributed by atoms with E-state index in [1.807, 2.05) is 5.38 Å². The quantitative estimate of drug-likeness (QED) is 0.713. The molecule has 0 spiro atoms. The van der Waals surface area contributed by atoms with E-state index in [9.17, 15) is 4.79 Å². The molecule has 5 heteroatoms. The lowest BCUT2D eigenvalue weighted by Crippen LogP contribution is -2.23. The van der Waals surface area contributed by atoms with Gasteiger partial charge in [0.05, 0.1) is 5.69 Å². The molecule has 0 radical (unpaired) electrons. The lowest BCUT2D eigenvalue weighted by molar-refractivity contribution is -0.120. The second-order valence-corrected chi connectivity index (χ2v) is 3.66. The molecule has 0 aliphatic heterocycles. The van der Waals surface area contributed by atoms with Crippen LogP contribution in [0.15, 0.2) is 18.0 Å². The lowest BCUT2D eigenvalue weighted by Gasteiger charge is -1.99. The summed E-state index contributed by atoms with van der Waals surface area (Å²) in [5, 5.41) is 5.12. The number of aryl methyl sites for hydroxylation is 1. The van der Waals surface area contributed by atoms with E-state index in [2.05, 4.69) is 16.9 Å². The Morgan fingerprint density at radius 2 is 2.57 bits per heavy atom. The number of amides is 1. The van der Waals surface area contributed by atoms with Crippen molar-refractivity contribution in [2.24, 2.45) is 0 Å². The third-order valence-electron chi connectivity index (χ3n) is 1.62. The Hall–Kier alpha value is -1.36. The van der Waals surface area contributed by atoms with E-state index in [0.29, 0.717) is 24.5 Å². The molecule has 0 aromatic carbocycles. The second kappa shape index (κ2) is 5.39. The number of hydrogen-bond donors (Lipinski definition) is 2. The smallest absolute Gasteiger partial charge is 0.220 e. The number of carbonyl (C=O) groups is 1. The zero-order valence-electron chi connectivity index (χ0n) is 7.82. The molecular weight excluding hydrogens is 198 g/mol. The standard InChI is InChI=1S/C9H13N3OS/c1-2-5-11-8(13)4-3-7-6-14-9(10)12-7/h2,6H,1,3-5H2,(H2,10,12)(H,11,13). The summed E-state index contributed by atoms with van der Waals surface area (Å²) < 4.78 is 0. The summed E-state index contributed by atoms with van der Waals surface area (Å²) in [4.78, 5) is 15.2. The number of nitrogens with zero attached hydrogens (tertiary/aromatic N) is 1. The Bertz CT molecular complexity index is 322. The number of aromatic nitrogens is 1. The van der Waals surface area contributed by atoms with Gasteiger partial charge in [-0.1, -0.05) is 6.08 Å². The molecule has 76 valence electrons. The van der Waals surface area contributed by atoms with E-state index >= 15 is 0 Å². The van der Waals surface area contributed by atoms with Gasteiger partial charge in [-0.3, -0.25) is 4.79 Å². The summed E-state index contributed by atoms with van der Waals surface area (Å²) in [6, 6.07) is 0. The summed E-state index contributed by atoms with van der Waals surface area (Å²) in [7, 11) is 0. The first kappa shape index (κ1) is 10.7. The van der Waals surface area contributed by atoms with Gasteiger partial charge in [0, 0.05) is 18.3 Å². The minimum atomic E-state index is 0.0106. The fraction of sp³-hybridized carbons (Fsp3) is 0.333. The van der Waals surface area contributed by atoms with Crippen molar-refractivity contribution in [2.75, 3.05) is 12.3 Å². The number of nitrogens with two attached hydrogens (primary N) is 1. The second-order valence-electron chi connectivity index (χ2n) is 2.77. The number of anilines is 1. The van der Waals surface area contributed by atoms with E-state index in [4.69, 9.17) is 5.73 Å². The minimum absolute atomic E-state index is 0.0106. The number of hydrogen-bond acceptors (Lipinski definition) is 4. The van der Waals surface area contributed by atoms with Crippen LogP contribution in [-0.2, 0) is 11.2 Å². The largest absolute Gasteiger partial charge is 0.375 e. The van der Waals surface area contributed by atoms with Crippen LogP contribution in [0.5, 0.6) is 0 Å². The van der Waals surface area contributed by atoms with Gasteiger partial charge in [-0.25, -0.2) is 4.98 Å². The van der Waals surface area contributed by atoms with Gasteiger partial charge in [-0.15, -0.1) is 17.9 Å². The van der Waals surface area contributed by atoms with Crippen molar-refractivity contribution in [1.82, 2.24) is 10.3 Å². The van der Waals surface area contributed by atoms with Crippen LogP contribution >= 0.6 is 11.3 Å². The molecule has 14 heavy (non-hydrogen) atoms. The highest BCUT2D eigenvalue weighted by molar-refractivity contribution is 7.13. The van der Waals surface area contributed by atoms with Crippen LogP contribution in [0, 0.1) is 0 Å². The molecule has 0 aliphatic carbocycles. The summed E-state index contributed by atoms with van der Waals surface area (Å²) in [6.45, 7) is 4.02. The Balaban J connectivity index is 2.26. The Morgan fingerprint density at radius 1 is 1.79 bits per heavy atom. The normalized spacial score (nSPS) is 9.71. The first-order chi connectivity index (χ1) is 6.72. The molecule has 1 amide bonds. The lowest BCUT2D eigenvalue weighted by atomic mass is 10.2. The Kier molecular flexibility index (Phi) is 4.12. The maximum Gasteiger partial charge on any atom is 0.220 e. The van der Waals surface area contributed by atoms with E-state index in [1.54, 1.807) is 6.08 Å². The number of thiazole rings is 1. The summed E-state index contributed by atoms with van der Waals surface area (Å²) in [5.41, 5.74) is 6.33. The predicted octanol–water partition coefficient (Wildman–Crippen LogP) is 0.960. The van der Waals surface area contributed by atoms with E-state index < -0.39 is 0 Å². The van der Waals surface area contributed by atoms with Gasteiger partial charge in [-0.2, -0.15) is 0 Å². The first-order valence-corrected chi connectivity index (χ1v) is 5.18. The highest BCUT2D eigenvalue weighted by Gasteiger charge is 2.03. The number of nitrogen functional groups attached to an aromatic ring is 1. The monoisotopic (exact) mass is 211 g/mol. The van der Waals surface area contributed by atoms with E-state index in [1.165, 1.54) is 11.3 Å². The van der Waals surface area contributed by atoms with Gasteiger partial charge in [0.2, 0.25) is 5.91 Å². The average Bonchev–Trinajstić information content (AvgIpc) is 2.58. The third-order valence-corrected chi connectivity index (χ3v) is 2.34. The maximum atomic E-state index is 11.2. The molecule has 0 bridgehead atoms. The zero-order chi connectivity index (χ0) is 10.4. The van der Waals surface area contributed by atoms with Crippen molar-refractivity contribution in [2.45, 2.75) is 12.8 Å². The highest BCUT2D eigenvalue weighted by Crippen LogP contribution is 2.12. The van der Waals surface area contributed by atoms with E-state index in [0.717, 1.165) is 5.69 Å². The Morgan fingerprint density at radius 3 is 3.14 bits per heavy atom. The molecule has 0 atom stereocenters. The summed E-state index contributed by atoms with van der Waals surface area (Å²) in [6.07, 6.45) is 2.73. The van der Waals surface area contributed by atoms with Crippen LogP contribution in [0.3, 0.4) is 0 Å². The van der Waals surface area contributed by atoms with Crippen LogP contribution < -0.4 is 11.1 Å². The predicted molar refractivity (Wildman–Crippen MR) is 58.1 cm³/mol. The van der Waals surface area contributed by atoms with Crippen LogP contribution in [0.1, 0.15) is 12.1 Å². The highest BCUT2D eigenvalue weighted by atomic mass is 32.1. The first-order valence-electron chi connectivity index (χ1n) is 4.30. The SMILES string of the molecule is C=CCNC(=O)CCc1csc(N)n1. The number of rotatable bonds is 5. The molecule has 1 heterocycles. The molecule has 1 rings (SSSR count). The fourth-order valence-electron chi connectivity index (χ4n) is 0.953. The van der Waals surface area contributed by atoms with Gasteiger partial charge < -0.3 is 11.1 Å². The van der Waals surface area contributed by atoms with Crippen molar-refractivity contribution < 1.29 is 4.79 Å². The summed E-state index contributed by atoms with van der Waals surface area (Å²) in [5.74, 6) is 0.0106. The summed E-state index contributed by atoms with van der Waals surface area (Å²) >= 11 is 1.39. The number of nitrogens with one attached hydrogen (secondary N) is 1. The van der Waals surface area contributed by atoms with E-state index in [-0.39, 0.29) is 5.91 Å². The van der Waals surface area contributed by atoms with Crippen molar-refractivity contribution in [3.8, 4) is 0 Å². The van der Waals surface area contributed by atoms with Gasteiger partial charge in [0.15, 0.2) is 5.13 Å². The molecule has 0 unspecified atom stereocenters. The van der Waals surface area contributed by atoms with Gasteiger partial charge in [0.25, 0.3) is 0 Å². The molecule has 1 aromatic rings. The van der Waals surface area contributed by atoms with Gasteiger partial charge >= 0.3 is 0 Å². The van der Waals surface area contributed by atoms with Crippen LogP contribution in [0.25, 0.3) is 0 Å². The van der Waals surface area contributed by atoms with Gasteiger partial charge in [-0.05, 0) is 6.42 Å². The Labute approximate surface area is 86.8 Å². The topological polar surface area (TPSA) is 68.0 Å². The van der Waals surface area contributed by atoms with Crippen molar-refractivity contribution in [3.05, 3.63) is 23.7 Å². The third kappa shape index (κ3) is 3.57. The average molecular weight is 211 g/mol. The number of carbonyl (C=O) groups excluding carboxylic acids is 1. The maximum absolute atomic E-state index is 11.2. The van der Waals surface area contributed by atoms with Crippen LogP contribution in [0.4, 0.5) is 5.13 Å². The van der Waals surface area contributed by atoms with Crippen molar-refractivity contribution in [3.63, 3.8) is 0 Å². The van der Waals surface area contributed by atoms with Crippen LogP contribution in [0.2, 0.25) is 0 Å². The van der Waals surface area contributed by atoms with Crippen molar-refractivity contribution >= 4 is 22.4 Å². The molecule has 0 fully saturated rings. The molecular formula is C9H13N3OS. The molecule has 0 aliphatic rings. The zero-order valence-corrected chi connectivity index (χ0v) is 8.64. The molecule has 1 aromatic heterocycles. The van der Waals surface area contributed by atoms with Gasteiger partial charge in [0.1, 0.15) is 0 Å².